The first-order valence-electron chi connectivity index (χ1n) is 5.54. The van der Waals surface area contributed by atoms with E-state index in [1.807, 2.05) is 0 Å². The number of phenols is 1. The van der Waals surface area contributed by atoms with Crippen LogP contribution in [0.25, 0.3) is 0 Å². The molecule has 0 aliphatic heterocycles. The number of hydrogen-bond acceptors (Lipinski definition) is 2. The Labute approximate surface area is 111 Å². The summed E-state index contributed by atoms with van der Waals surface area (Å²) in [6.45, 7) is 1.72. The maximum atomic E-state index is 13.0. The van der Waals surface area contributed by atoms with Crippen LogP contribution < -0.4 is 5.73 Å². The van der Waals surface area contributed by atoms with Gasteiger partial charge < -0.3 is 10.8 Å². The average molecular weight is 324 g/mol. The molecule has 0 heterocycles. The number of hydrogen-bond donors (Lipinski definition) is 2. The molecule has 0 bridgehead atoms. The Morgan fingerprint density at radius 2 is 1.94 bits per heavy atom. The number of halogens is 4. The van der Waals surface area contributed by atoms with Crippen molar-refractivity contribution in [2.75, 3.05) is 0 Å². The molecule has 1 fully saturated rings. The van der Waals surface area contributed by atoms with Gasteiger partial charge in [-0.3, -0.25) is 0 Å². The Hall–Kier alpha value is -0.750. The highest BCUT2D eigenvalue weighted by molar-refractivity contribution is 9.10. The fourth-order valence-electron chi connectivity index (χ4n) is 2.31. The van der Waals surface area contributed by atoms with Crippen LogP contribution in [0.2, 0.25) is 0 Å². The van der Waals surface area contributed by atoms with Gasteiger partial charge >= 0.3 is 6.18 Å². The molecule has 2 rings (SSSR count). The molecule has 100 valence electrons. The van der Waals surface area contributed by atoms with E-state index in [1.165, 1.54) is 6.07 Å². The van der Waals surface area contributed by atoms with Gasteiger partial charge in [0.15, 0.2) is 0 Å². The Bertz CT molecular complexity index is 481. The zero-order valence-corrected chi connectivity index (χ0v) is 11.3. The molecule has 0 radical (unpaired) electrons. The number of aromatic hydroxyl groups is 1. The molecule has 6 heteroatoms. The summed E-state index contributed by atoms with van der Waals surface area (Å²) < 4.78 is 39.3. The highest BCUT2D eigenvalue weighted by Crippen LogP contribution is 2.54. The summed E-state index contributed by atoms with van der Waals surface area (Å²) in [6, 6.07) is 1.76. The SMILES string of the molecule is CC(N)C1(c2cc(Br)c(O)cc2C(F)(F)F)CC1. The first kappa shape index (κ1) is 13.7. The van der Waals surface area contributed by atoms with Gasteiger partial charge in [-0.25, -0.2) is 0 Å². The Morgan fingerprint density at radius 3 is 2.33 bits per heavy atom. The van der Waals surface area contributed by atoms with E-state index in [1.54, 1.807) is 6.92 Å². The topological polar surface area (TPSA) is 46.2 Å². The van der Waals surface area contributed by atoms with E-state index in [2.05, 4.69) is 15.9 Å². The van der Waals surface area contributed by atoms with Crippen LogP contribution in [-0.2, 0) is 11.6 Å². The number of phenolic OH excluding ortho intramolecular Hbond substituents is 1. The zero-order valence-electron chi connectivity index (χ0n) is 9.68. The summed E-state index contributed by atoms with van der Waals surface area (Å²) in [7, 11) is 0. The minimum absolute atomic E-state index is 0.176. The first-order valence-corrected chi connectivity index (χ1v) is 6.33. The van der Waals surface area contributed by atoms with Crippen LogP contribution in [0.15, 0.2) is 16.6 Å². The lowest BCUT2D eigenvalue weighted by atomic mass is 9.85. The zero-order chi connectivity index (χ0) is 13.7. The molecule has 3 N–H and O–H groups in total. The van der Waals surface area contributed by atoms with Crippen molar-refractivity contribution in [1.29, 1.82) is 0 Å². The fourth-order valence-corrected chi connectivity index (χ4v) is 2.66. The summed E-state index contributed by atoms with van der Waals surface area (Å²) in [4.78, 5) is 0. The highest BCUT2D eigenvalue weighted by Gasteiger charge is 2.52. The second kappa shape index (κ2) is 4.13. The second-order valence-electron chi connectivity index (χ2n) is 4.79. The molecule has 18 heavy (non-hydrogen) atoms. The number of alkyl halides is 3. The third-order valence-corrected chi connectivity index (χ3v) is 4.22. The van der Waals surface area contributed by atoms with Gasteiger partial charge in [0.2, 0.25) is 0 Å². The summed E-state index contributed by atoms with van der Waals surface area (Å²) >= 11 is 3.06. The van der Waals surface area contributed by atoms with Crippen molar-refractivity contribution < 1.29 is 18.3 Å². The minimum atomic E-state index is -4.49. The van der Waals surface area contributed by atoms with Gasteiger partial charge in [0.05, 0.1) is 10.0 Å². The van der Waals surface area contributed by atoms with Crippen molar-refractivity contribution in [3.63, 3.8) is 0 Å². The van der Waals surface area contributed by atoms with Gasteiger partial charge in [0.1, 0.15) is 5.75 Å². The van der Waals surface area contributed by atoms with Crippen LogP contribution in [0, 0.1) is 0 Å². The van der Waals surface area contributed by atoms with Gasteiger partial charge in [0.25, 0.3) is 0 Å². The van der Waals surface area contributed by atoms with E-state index in [-0.39, 0.29) is 16.1 Å². The predicted octanol–water partition coefficient (Wildman–Crippen LogP) is 3.55. The van der Waals surface area contributed by atoms with Gasteiger partial charge in [-0.05, 0) is 53.4 Å². The average Bonchev–Trinajstić information content (AvgIpc) is 3.00. The molecule has 1 aliphatic rings. The fraction of sp³-hybridized carbons (Fsp3) is 0.500. The molecule has 1 unspecified atom stereocenters. The van der Waals surface area contributed by atoms with Gasteiger partial charge in [-0.1, -0.05) is 0 Å². The van der Waals surface area contributed by atoms with Crippen molar-refractivity contribution in [2.45, 2.75) is 37.4 Å². The monoisotopic (exact) mass is 323 g/mol. The van der Waals surface area contributed by atoms with Crippen LogP contribution in [0.5, 0.6) is 5.75 Å². The standard InChI is InChI=1S/C12H13BrF3NO/c1-6(17)11(2-3-11)7-4-9(13)10(18)5-8(7)12(14,15)16/h4-6,18H,2-3,17H2,1H3. The molecule has 1 aliphatic carbocycles. The molecule has 1 saturated carbocycles. The molecule has 0 saturated heterocycles. The predicted molar refractivity (Wildman–Crippen MR) is 65.4 cm³/mol. The molecule has 1 atom stereocenters. The Balaban J connectivity index is 2.63. The summed E-state index contributed by atoms with van der Waals surface area (Å²) in [6.07, 6.45) is -3.20. The number of rotatable bonds is 2. The summed E-state index contributed by atoms with van der Waals surface area (Å²) in [5.41, 5.74) is 4.59. The van der Waals surface area contributed by atoms with E-state index in [0.717, 1.165) is 6.07 Å². The van der Waals surface area contributed by atoms with Crippen LogP contribution in [0.3, 0.4) is 0 Å². The van der Waals surface area contributed by atoms with Crippen LogP contribution in [0.1, 0.15) is 30.9 Å². The second-order valence-corrected chi connectivity index (χ2v) is 5.65. The van der Waals surface area contributed by atoms with Gasteiger partial charge in [-0.2, -0.15) is 13.2 Å². The third-order valence-electron chi connectivity index (χ3n) is 3.59. The maximum Gasteiger partial charge on any atom is 0.416 e. The number of benzene rings is 1. The molecule has 0 spiro atoms. The quantitative estimate of drug-likeness (QED) is 0.874. The lowest BCUT2D eigenvalue weighted by Crippen LogP contribution is -2.33. The van der Waals surface area contributed by atoms with Crippen molar-refractivity contribution in [3.05, 3.63) is 27.7 Å². The summed E-state index contributed by atoms with van der Waals surface area (Å²) in [5, 5.41) is 9.43. The van der Waals surface area contributed by atoms with E-state index in [4.69, 9.17) is 5.73 Å². The molecule has 0 aromatic heterocycles. The van der Waals surface area contributed by atoms with Gasteiger partial charge in [0, 0.05) is 11.5 Å². The molecule has 0 amide bonds. The first-order chi connectivity index (χ1) is 8.18. The highest BCUT2D eigenvalue weighted by atomic mass is 79.9. The third kappa shape index (κ3) is 2.12. The lowest BCUT2D eigenvalue weighted by molar-refractivity contribution is -0.138. The molecular formula is C12H13BrF3NO. The Morgan fingerprint density at radius 1 is 1.39 bits per heavy atom. The van der Waals surface area contributed by atoms with E-state index in [9.17, 15) is 18.3 Å². The molecular weight excluding hydrogens is 311 g/mol. The molecule has 2 nitrogen and oxygen atoms in total. The minimum Gasteiger partial charge on any atom is -0.507 e. The van der Waals surface area contributed by atoms with E-state index >= 15 is 0 Å². The van der Waals surface area contributed by atoms with E-state index in [0.29, 0.717) is 12.8 Å². The lowest BCUT2D eigenvalue weighted by Gasteiger charge is -2.25. The van der Waals surface area contributed by atoms with Crippen LogP contribution in [0.4, 0.5) is 13.2 Å². The molecule has 1 aromatic rings. The van der Waals surface area contributed by atoms with E-state index < -0.39 is 22.9 Å². The van der Waals surface area contributed by atoms with Crippen molar-refractivity contribution in [1.82, 2.24) is 0 Å². The smallest absolute Gasteiger partial charge is 0.416 e. The maximum absolute atomic E-state index is 13.0. The Kier molecular flexibility index (Phi) is 3.14. The van der Waals surface area contributed by atoms with Crippen LogP contribution >= 0.6 is 15.9 Å². The van der Waals surface area contributed by atoms with Crippen molar-refractivity contribution in [3.8, 4) is 5.75 Å². The largest absolute Gasteiger partial charge is 0.507 e. The normalized spacial score (nSPS) is 19.7. The van der Waals surface area contributed by atoms with Crippen molar-refractivity contribution >= 4 is 15.9 Å². The number of nitrogens with two attached hydrogens (primary N) is 1. The van der Waals surface area contributed by atoms with Crippen LogP contribution in [-0.4, -0.2) is 11.1 Å². The molecule has 1 aromatic carbocycles. The van der Waals surface area contributed by atoms with Gasteiger partial charge in [-0.15, -0.1) is 0 Å². The summed E-state index contributed by atoms with van der Waals surface area (Å²) in [5.74, 6) is -0.411. The van der Waals surface area contributed by atoms with Crippen molar-refractivity contribution in [2.24, 2.45) is 5.73 Å².